The number of nitrogens with zero attached hydrogens (tertiary/aromatic N) is 6. The molecule has 222 valence electrons. The minimum absolute atomic E-state index is 0.147. The number of aryl methyl sites for hydroxylation is 1. The van der Waals surface area contributed by atoms with Gasteiger partial charge in [-0.1, -0.05) is 42.3 Å². The lowest BCUT2D eigenvalue weighted by molar-refractivity contribution is -0.127. The van der Waals surface area contributed by atoms with Crippen molar-refractivity contribution in [3.8, 4) is 17.9 Å². The molecule has 0 saturated carbocycles. The van der Waals surface area contributed by atoms with Crippen LogP contribution in [0.3, 0.4) is 0 Å². The summed E-state index contributed by atoms with van der Waals surface area (Å²) in [5.74, 6) is 5.89. The number of carbonyl (C=O) groups excluding carboxylic acids is 1. The van der Waals surface area contributed by atoms with Crippen LogP contribution in [0.1, 0.15) is 48.3 Å². The third-order valence-corrected chi connectivity index (χ3v) is 9.00. The minimum Gasteiger partial charge on any atom is -0.462 e. The number of likely N-dealkylation sites (N-methyl/N-ethyl adjacent to an activating group) is 1. The topological polar surface area (TPSA) is 75.4 Å². The van der Waals surface area contributed by atoms with Gasteiger partial charge in [0, 0.05) is 37.7 Å². The molecule has 0 radical (unpaired) electrons. The number of piperazine rings is 1. The number of fused-ring (bicyclic) bond motifs is 2. The molecule has 6 rings (SSSR count). The maximum atomic E-state index is 12.7. The number of rotatable bonds is 6. The summed E-state index contributed by atoms with van der Waals surface area (Å²) in [5, 5.41) is 2.43. The molecule has 0 spiro atoms. The van der Waals surface area contributed by atoms with Gasteiger partial charge in [-0.2, -0.15) is 9.97 Å². The molecule has 3 aliphatic heterocycles. The second-order valence-electron chi connectivity index (χ2n) is 11.7. The number of ether oxygens (including phenoxy) is 2. The molecule has 2 fully saturated rings. The van der Waals surface area contributed by atoms with Crippen molar-refractivity contribution in [1.82, 2.24) is 19.8 Å². The molecule has 1 unspecified atom stereocenters. The first kappa shape index (κ1) is 28.9. The molecule has 43 heavy (non-hydrogen) atoms. The molecule has 1 aromatic heterocycles. The largest absolute Gasteiger partial charge is 0.462 e. The van der Waals surface area contributed by atoms with E-state index in [1.54, 1.807) is 11.8 Å². The standard InChI is InChI=1S/C34H38N6O3/c1-5-9-31(41)40-17-16-39(20-26(40)19-35-3)33-28-22-42-30(27-14-7-12-24-11-6-10-23(2)32(24)27)18-29(28)36-34(37-33)43-21-25-13-8-15-38(25)4/h6-7,10-12,14,25-26,30H,8,13,15-22H2,1-2,4H3/t25-,26-,30?/m0/s1. The van der Waals surface area contributed by atoms with Crippen LogP contribution in [0.25, 0.3) is 15.6 Å². The van der Waals surface area contributed by atoms with Crippen molar-refractivity contribution in [2.75, 3.05) is 51.3 Å². The highest BCUT2D eigenvalue weighted by molar-refractivity contribution is 5.94. The summed E-state index contributed by atoms with van der Waals surface area (Å²) in [5.41, 5.74) is 4.27. The Morgan fingerprint density at radius 1 is 1.16 bits per heavy atom. The molecule has 0 bridgehead atoms. The average Bonchev–Trinajstić information content (AvgIpc) is 3.43. The molecule has 2 saturated heterocycles. The first-order valence-electron chi connectivity index (χ1n) is 15.1. The molecule has 3 aliphatic rings. The van der Waals surface area contributed by atoms with Crippen molar-refractivity contribution in [2.45, 2.75) is 57.9 Å². The molecule has 3 aromatic rings. The first-order valence-corrected chi connectivity index (χ1v) is 15.1. The second-order valence-corrected chi connectivity index (χ2v) is 11.7. The number of hydrogen-bond acceptors (Lipinski definition) is 7. The first-order chi connectivity index (χ1) is 21.0. The summed E-state index contributed by atoms with van der Waals surface area (Å²) in [6.07, 6.45) is 2.72. The van der Waals surface area contributed by atoms with E-state index in [9.17, 15) is 4.79 Å². The number of carbonyl (C=O) groups is 1. The lowest BCUT2D eigenvalue weighted by atomic mass is 9.92. The predicted octanol–water partition coefficient (Wildman–Crippen LogP) is 4.19. The fourth-order valence-corrected chi connectivity index (χ4v) is 6.70. The zero-order valence-corrected chi connectivity index (χ0v) is 25.2. The molecule has 2 aromatic carbocycles. The molecule has 9 heteroatoms. The van der Waals surface area contributed by atoms with E-state index in [4.69, 9.17) is 26.0 Å². The van der Waals surface area contributed by atoms with Crippen LogP contribution in [0, 0.1) is 25.3 Å². The summed E-state index contributed by atoms with van der Waals surface area (Å²) < 4.78 is 12.9. The van der Waals surface area contributed by atoms with E-state index in [-0.39, 0.29) is 24.6 Å². The van der Waals surface area contributed by atoms with Crippen LogP contribution in [-0.4, -0.2) is 84.1 Å². The monoisotopic (exact) mass is 578 g/mol. The van der Waals surface area contributed by atoms with E-state index < -0.39 is 0 Å². The van der Waals surface area contributed by atoms with Crippen LogP contribution in [-0.2, 0) is 22.6 Å². The molecular weight excluding hydrogens is 540 g/mol. The summed E-state index contributed by atoms with van der Waals surface area (Å²) in [6.45, 7) is 15.0. The minimum atomic E-state index is -0.280. The van der Waals surface area contributed by atoms with Gasteiger partial charge in [-0.3, -0.25) is 4.79 Å². The summed E-state index contributed by atoms with van der Waals surface area (Å²) in [6, 6.07) is 13.2. The van der Waals surface area contributed by atoms with E-state index in [1.165, 1.54) is 16.3 Å². The zero-order chi connectivity index (χ0) is 29.9. The maximum absolute atomic E-state index is 12.7. The number of anilines is 1. The quantitative estimate of drug-likeness (QED) is 0.321. The van der Waals surface area contributed by atoms with Crippen LogP contribution < -0.4 is 9.64 Å². The highest BCUT2D eigenvalue weighted by atomic mass is 16.5. The van der Waals surface area contributed by atoms with Crippen LogP contribution >= 0.6 is 0 Å². The smallest absolute Gasteiger partial charge is 0.318 e. The van der Waals surface area contributed by atoms with Gasteiger partial charge in [-0.25, -0.2) is 6.57 Å². The summed E-state index contributed by atoms with van der Waals surface area (Å²) >= 11 is 0. The van der Waals surface area contributed by atoms with E-state index in [1.807, 2.05) is 0 Å². The van der Waals surface area contributed by atoms with E-state index in [0.29, 0.717) is 51.3 Å². The maximum Gasteiger partial charge on any atom is 0.318 e. The van der Waals surface area contributed by atoms with Gasteiger partial charge < -0.3 is 29.0 Å². The number of hydrogen-bond donors (Lipinski definition) is 0. The SMILES string of the molecule is [C-]#[N+]C[C@H]1CN(c2nc(OC[C@@H]3CCCN3C)nc3c2COC(c2cccc4cccc(C)c24)C3)CCN1C(=O)C#CC. The lowest BCUT2D eigenvalue weighted by Gasteiger charge is -2.40. The number of likely N-dealkylation sites (tertiary alicyclic amines) is 1. The summed E-state index contributed by atoms with van der Waals surface area (Å²) in [7, 11) is 2.13. The van der Waals surface area contributed by atoms with Gasteiger partial charge in [0.2, 0.25) is 6.54 Å². The van der Waals surface area contributed by atoms with Gasteiger partial charge >= 0.3 is 6.01 Å². The molecule has 9 nitrogen and oxygen atoms in total. The van der Waals surface area contributed by atoms with Crippen LogP contribution in [0.2, 0.25) is 0 Å². The Balaban J connectivity index is 1.34. The van der Waals surface area contributed by atoms with Crippen molar-refractivity contribution in [3.05, 3.63) is 70.2 Å². The van der Waals surface area contributed by atoms with E-state index >= 15 is 0 Å². The zero-order valence-electron chi connectivity index (χ0n) is 25.2. The van der Waals surface area contributed by atoms with Gasteiger partial charge in [0.15, 0.2) is 0 Å². The molecule has 0 N–H and O–H groups in total. The molecule has 0 aliphatic carbocycles. The third-order valence-electron chi connectivity index (χ3n) is 9.00. The van der Waals surface area contributed by atoms with Gasteiger partial charge in [0.1, 0.15) is 18.5 Å². The molecule has 4 heterocycles. The average molecular weight is 579 g/mol. The Bertz CT molecular complexity index is 1620. The lowest BCUT2D eigenvalue weighted by Crippen LogP contribution is -2.56. The highest BCUT2D eigenvalue weighted by Crippen LogP contribution is 2.38. The van der Waals surface area contributed by atoms with Crippen molar-refractivity contribution < 1.29 is 14.3 Å². The van der Waals surface area contributed by atoms with Crippen molar-refractivity contribution in [3.63, 3.8) is 0 Å². The third kappa shape index (κ3) is 5.88. The Morgan fingerprint density at radius 3 is 2.77 bits per heavy atom. The number of amides is 1. The van der Waals surface area contributed by atoms with Gasteiger partial charge in [0.25, 0.3) is 5.91 Å². The van der Waals surface area contributed by atoms with Gasteiger partial charge in [-0.15, -0.1) is 0 Å². The van der Waals surface area contributed by atoms with E-state index in [0.717, 1.165) is 42.0 Å². The predicted molar refractivity (Wildman–Crippen MR) is 166 cm³/mol. The van der Waals surface area contributed by atoms with Crippen LogP contribution in [0.5, 0.6) is 6.01 Å². The normalized spacial score (nSPS) is 22.0. The Kier molecular flexibility index (Phi) is 8.47. The number of aromatic nitrogens is 2. The Labute approximate surface area is 253 Å². The fourth-order valence-electron chi connectivity index (χ4n) is 6.70. The second kappa shape index (κ2) is 12.6. The van der Waals surface area contributed by atoms with Crippen molar-refractivity contribution >= 4 is 22.5 Å². The fraction of sp³-hybridized carbons (Fsp3) is 0.471. The van der Waals surface area contributed by atoms with Crippen molar-refractivity contribution in [2.24, 2.45) is 0 Å². The van der Waals surface area contributed by atoms with Crippen LogP contribution in [0.4, 0.5) is 5.82 Å². The molecular formula is C34H38N6O3. The summed E-state index contributed by atoms with van der Waals surface area (Å²) in [4.78, 5) is 32.5. The van der Waals surface area contributed by atoms with Gasteiger partial charge in [-0.05, 0) is 68.1 Å². The molecule has 3 atom stereocenters. The molecule has 1 amide bonds. The van der Waals surface area contributed by atoms with E-state index in [2.05, 4.69) is 76.9 Å². The highest BCUT2D eigenvalue weighted by Gasteiger charge is 2.36. The Hall–Kier alpha value is -4.18. The number of benzene rings is 2. The van der Waals surface area contributed by atoms with Gasteiger partial charge in [0.05, 0.1) is 18.4 Å². The van der Waals surface area contributed by atoms with Crippen molar-refractivity contribution in [1.29, 1.82) is 0 Å². The Morgan fingerprint density at radius 2 is 2.00 bits per heavy atom. The van der Waals surface area contributed by atoms with Crippen LogP contribution in [0.15, 0.2) is 36.4 Å².